The number of carbonyl (C=O) groups excluding carboxylic acids is 1. The Kier molecular flexibility index (Phi) is 5.91. The maximum Gasteiger partial charge on any atom is 0.244 e. The molecule has 1 saturated heterocycles. The Morgan fingerprint density at radius 3 is 2.64 bits per heavy atom. The van der Waals surface area contributed by atoms with Crippen molar-refractivity contribution in [1.29, 1.82) is 0 Å². The third kappa shape index (κ3) is 4.05. The Bertz CT molecular complexity index is 499. The molecule has 1 aromatic carbocycles. The van der Waals surface area contributed by atoms with Crippen LogP contribution in [0, 0.1) is 5.82 Å². The zero-order chi connectivity index (χ0) is 16.1. The molecule has 5 heteroatoms. The molecule has 0 bridgehead atoms. The molecule has 0 aliphatic carbocycles. The number of amides is 1. The largest absolute Gasteiger partial charge is 0.378 e. The zero-order valence-corrected chi connectivity index (χ0v) is 13.6. The highest BCUT2D eigenvalue weighted by Gasteiger charge is 2.30. The smallest absolute Gasteiger partial charge is 0.244 e. The molecule has 122 valence electrons. The van der Waals surface area contributed by atoms with Gasteiger partial charge < -0.3 is 9.64 Å². The highest BCUT2D eigenvalue weighted by atomic mass is 19.1. The number of halogens is 1. The fourth-order valence-electron chi connectivity index (χ4n) is 2.99. The van der Waals surface area contributed by atoms with Crippen molar-refractivity contribution in [2.24, 2.45) is 0 Å². The number of likely N-dealkylation sites (N-methyl/N-ethyl adjacent to an activating group) is 1. The van der Waals surface area contributed by atoms with Crippen LogP contribution in [0.2, 0.25) is 0 Å². The first kappa shape index (κ1) is 16.9. The van der Waals surface area contributed by atoms with Gasteiger partial charge in [0.2, 0.25) is 5.91 Å². The molecular weight excluding hydrogens is 283 g/mol. The lowest BCUT2D eigenvalue weighted by atomic mass is 10.0. The van der Waals surface area contributed by atoms with Crippen molar-refractivity contribution in [3.8, 4) is 0 Å². The van der Waals surface area contributed by atoms with Gasteiger partial charge in [-0.05, 0) is 51.6 Å². The molecule has 1 aliphatic rings. The lowest BCUT2D eigenvalue weighted by Gasteiger charge is -2.35. The van der Waals surface area contributed by atoms with Gasteiger partial charge in [-0.1, -0.05) is 12.1 Å². The van der Waals surface area contributed by atoms with E-state index >= 15 is 0 Å². The molecule has 1 aromatic rings. The summed E-state index contributed by atoms with van der Waals surface area (Å²) in [7, 11) is 3.70. The Hall–Kier alpha value is -1.46. The molecule has 1 atom stereocenters. The second-order valence-corrected chi connectivity index (χ2v) is 5.90. The molecule has 0 spiro atoms. The number of likely N-dealkylation sites (tertiary alicyclic amines) is 1. The van der Waals surface area contributed by atoms with Crippen LogP contribution >= 0.6 is 0 Å². The molecule has 1 unspecified atom stereocenters. The molecule has 4 nitrogen and oxygen atoms in total. The highest BCUT2D eigenvalue weighted by molar-refractivity contribution is 5.83. The maximum absolute atomic E-state index is 13.5. The van der Waals surface area contributed by atoms with E-state index in [2.05, 4.69) is 0 Å². The van der Waals surface area contributed by atoms with Gasteiger partial charge in [-0.3, -0.25) is 9.69 Å². The van der Waals surface area contributed by atoms with Crippen LogP contribution in [0.4, 0.5) is 4.39 Å². The van der Waals surface area contributed by atoms with Gasteiger partial charge in [0.05, 0.1) is 6.10 Å². The van der Waals surface area contributed by atoms with Gasteiger partial charge in [0, 0.05) is 19.7 Å². The summed E-state index contributed by atoms with van der Waals surface area (Å²) in [6.45, 7) is 4.10. The number of piperidine rings is 1. The number of ether oxygens (including phenoxy) is 1. The van der Waals surface area contributed by atoms with E-state index in [9.17, 15) is 9.18 Å². The summed E-state index contributed by atoms with van der Waals surface area (Å²) >= 11 is 0. The zero-order valence-electron chi connectivity index (χ0n) is 13.6. The van der Waals surface area contributed by atoms with E-state index in [1.54, 1.807) is 12.1 Å². The quantitative estimate of drug-likeness (QED) is 0.837. The van der Waals surface area contributed by atoms with E-state index in [1.165, 1.54) is 12.1 Å². The molecule has 2 rings (SSSR count). The van der Waals surface area contributed by atoms with E-state index in [4.69, 9.17) is 4.74 Å². The molecular formula is C17H25FN2O2. The van der Waals surface area contributed by atoms with E-state index in [1.807, 2.05) is 30.8 Å². The van der Waals surface area contributed by atoms with Gasteiger partial charge in [-0.25, -0.2) is 4.39 Å². The Morgan fingerprint density at radius 1 is 1.41 bits per heavy atom. The summed E-state index contributed by atoms with van der Waals surface area (Å²) in [6, 6.07) is 5.84. The van der Waals surface area contributed by atoms with Crippen LogP contribution in [-0.4, -0.2) is 55.6 Å². The summed E-state index contributed by atoms with van der Waals surface area (Å²) < 4.78 is 19.1. The van der Waals surface area contributed by atoms with Crippen molar-refractivity contribution < 1.29 is 13.9 Å². The molecule has 1 fully saturated rings. The van der Waals surface area contributed by atoms with Crippen molar-refractivity contribution in [2.75, 3.05) is 33.8 Å². The minimum absolute atomic E-state index is 0.0329. The molecule has 0 radical (unpaired) electrons. The maximum atomic E-state index is 13.5. The summed E-state index contributed by atoms with van der Waals surface area (Å²) in [6.07, 6.45) is 1.98. The van der Waals surface area contributed by atoms with E-state index < -0.39 is 6.04 Å². The van der Waals surface area contributed by atoms with Crippen molar-refractivity contribution in [2.45, 2.75) is 31.9 Å². The van der Waals surface area contributed by atoms with Gasteiger partial charge in [0.15, 0.2) is 0 Å². The fraction of sp³-hybridized carbons (Fsp3) is 0.588. The Morgan fingerprint density at radius 2 is 2.09 bits per heavy atom. The summed E-state index contributed by atoms with van der Waals surface area (Å²) in [5, 5.41) is 0. The average molecular weight is 308 g/mol. The average Bonchev–Trinajstić information content (AvgIpc) is 2.48. The SMILES string of the molecule is CCOC1CCN(C(=O)C(c2cccc(F)c2)N(C)C)CC1. The Balaban J connectivity index is 2.08. The van der Waals surface area contributed by atoms with E-state index in [0.717, 1.165) is 12.8 Å². The molecule has 0 N–H and O–H groups in total. The van der Waals surface area contributed by atoms with Gasteiger partial charge in [0.25, 0.3) is 0 Å². The van der Waals surface area contributed by atoms with Crippen LogP contribution in [0.5, 0.6) is 0 Å². The molecule has 22 heavy (non-hydrogen) atoms. The summed E-state index contributed by atoms with van der Waals surface area (Å²) in [5.74, 6) is -0.280. The highest BCUT2D eigenvalue weighted by Crippen LogP contribution is 2.24. The molecule has 0 aromatic heterocycles. The Labute approximate surface area is 131 Å². The number of hydrogen-bond donors (Lipinski definition) is 0. The molecule has 1 aliphatic heterocycles. The first-order valence-corrected chi connectivity index (χ1v) is 7.85. The lowest BCUT2D eigenvalue weighted by Crippen LogP contribution is -2.45. The van der Waals surface area contributed by atoms with Crippen molar-refractivity contribution in [3.05, 3.63) is 35.6 Å². The van der Waals surface area contributed by atoms with Crippen LogP contribution in [0.1, 0.15) is 31.4 Å². The minimum atomic E-state index is -0.445. The first-order chi connectivity index (χ1) is 10.5. The van der Waals surface area contributed by atoms with Crippen LogP contribution in [-0.2, 0) is 9.53 Å². The van der Waals surface area contributed by atoms with Gasteiger partial charge in [0.1, 0.15) is 11.9 Å². The minimum Gasteiger partial charge on any atom is -0.378 e. The molecule has 0 saturated carbocycles. The van der Waals surface area contributed by atoms with Gasteiger partial charge in [-0.15, -0.1) is 0 Å². The monoisotopic (exact) mass is 308 g/mol. The second-order valence-electron chi connectivity index (χ2n) is 5.90. The van der Waals surface area contributed by atoms with Gasteiger partial charge in [-0.2, -0.15) is 0 Å². The molecule has 1 heterocycles. The number of nitrogens with zero attached hydrogens (tertiary/aromatic N) is 2. The fourth-order valence-corrected chi connectivity index (χ4v) is 2.99. The third-order valence-corrected chi connectivity index (χ3v) is 4.07. The van der Waals surface area contributed by atoms with E-state index in [0.29, 0.717) is 25.3 Å². The third-order valence-electron chi connectivity index (χ3n) is 4.07. The number of benzene rings is 1. The second kappa shape index (κ2) is 7.70. The number of rotatable bonds is 5. The van der Waals surface area contributed by atoms with Crippen LogP contribution < -0.4 is 0 Å². The topological polar surface area (TPSA) is 32.8 Å². The van der Waals surface area contributed by atoms with Crippen LogP contribution in [0.3, 0.4) is 0 Å². The van der Waals surface area contributed by atoms with Crippen molar-refractivity contribution in [3.63, 3.8) is 0 Å². The van der Waals surface area contributed by atoms with E-state index in [-0.39, 0.29) is 17.8 Å². The molecule has 1 amide bonds. The summed E-state index contributed by atoms with van der Waals surface area (Å²) in [5.41, 5.74) is 0.696. The van der Waals surface area contributed by atoms with Crippen molar-refractivity contribution in [1.82, 2.24) is 9.80 Å². The lowest BCUT2D eigenvalue weighted by molar-refractivity contribution is -0.139. The first-order valence-electron chi connectivity index (χ1n) is 7.85. The standard InChI is InChI=1S/C17H25FN2O2/c1-4-22-15-8-10-20(11-9-15)17(21)16(19(2)3)13-6-5-7-14(18)12-13/h5-7,12,15-16H,4,8-11H2,1-3H3. The summed E-state index contributed by atoms with van der Waals surface area (Å²) in [4.78, 5) is 16.5. The number of hydrogen-bond acceptors (Lipinski definition) is 3. The number of carbonyl (C=O) groups is 1. The van der Waals surface area contributed by atoms with Crippen LogP contribution in [0.15, 0.2) is 24.3 Å². The predicted molar refractivity (Wildman–Crippen MR) is 84.1 cm³/mol. The normalized spacial score (nSPS) is 17.8. The van der Waals surface area contributed by atoms with Crippen molar-refractivity contribution >= 4 is 5.91 Å². The predicted octanol–water partition coefficient (Wildman–Crippen LogP) is 2.46. The van der Waals surface area contributed by atoms with Crippen LogP contribution in [0.25, 0.3) is 0 Å². The van der Waals surface area contributed by atoms with Gasteiger partial charge >= 0.3 is 0 Å².